The van der Waals surface area contributed by atoms with Crippen LogP contribution >= 0.6 is 39.7 Å². The summed E-state index contributed by atoms with van der Waals surface area (Å²) in [7, 11) is 0. The van der Waals surface area contributed by atoms with Gasteiger partial charge in [-0.3, -0.25) is 19.8 Å². The Kier molecular flexibility index (Phi) is 7.23. The van der Waals surface area contributed by atoms with Crippen LogP contribution in [0, 0.1) is 11.3 Å². The standard InChI is InChI=1S/C22H15BrClN3O3S/c1-2-7-27-21(29)16(20(28)26-22(27)31)8-13-9-17(23)19(18(24)10-13)30-12-15-6-4-3-5-14(15)11-25/h2-6,8-10H,1,7,12H2,(H,26,28,31)/b16-8+. The Bertz CT molecular complexity index is 1150. The minimum Gasteiger partial charge on any atom is -0.486 e. The van der Waals surface area contributed by atoms with Gasteiger partial charge in [0, 0.05) is 12.1 Å². The summed E-state index contributed by atoms with van der Waals surface area (Å²) in [5.41, 5.74) is 1.68. The highest BCUT2D eigenvalue weighted by atomic mass is 79.9. The van der Waals surface area contributed by atoms with E-state index in [2.05, 4.69) is 33.9 Å². The van der Waals surface area contributed by atoms with Crippen molar-refractivity contribution in [3.8, 4) is 11.8 Å². The Balaban J connectivity index is 1.87. The molecule has 0 spiro atoms. The highest BCUT2D eigenvalue weighted by molar-refractivity contribution is 9.10. The summed E-state index contributed by atoms with van der Waals surface area (Å²) < 4.78 is 6.34. The zero-order valence-electron chi connectivity index (χ0n) is 16.0. The van der Waals surface area contributed by atoms with Crippen LogP contribution in [0.4, 0.5) is 0 Å². The largest absolute Gasteiger partial charge is 0.486 e. The van der Waals surface area contributed by atoms with Crippen molar-refractivity contribution < 1.29 is 14.3 Å². The van der Waals surface area contributed by atoms with Crippen molar-refractivity contribution in [1.29, 1.82) is 5.26 Å². The first-order chi connectivity index (χ1) is 14.8. The predicted octanol–water partition coefficient (Wildman–Crippen LogP) is 4.37. The van der Waals surface area contributed by atoms with Crippen molar-refractivity contribution in [1.82, 2.24) is 10.2 Å². The lowest BCUT2D eigenvalue weighted by molar-refractivity contribution is -0.128. The van der Waals surface area contributed by atoms with E-state index in [-0.39, 0.29) is 28.9 Å². The molecule has 1 saturated heterocycles. The summed E-state index contributed by atoms with van der Waals surface area (Å²) >= 11 is 14.8. The van der Waals surface area contributed by atoms with Gasteiger partial charge in [-0.1, -0.05) is 35.9 Å². The summed E-state index contributed by atoms with van der Waals surface area (Å²) in [6, 6.07) is 12.5. The molecule has 6 nitrogen and oxygen atoms in total. The van der Waals surface area contributed by atoms with Crippen molar-refractivity contribution in [3.05, 3.63) is 80.8 Å². The van der Waals surface area contributed by atoms with Crippen molar-refractivity contribution in [2.24, 2.45) is 0 Å². The molecule has 3 rings (SSSR count). The molecule has 2 aromatic rings. The molecule has 0 atom stereocenters. The first-order valence-electron chi connectivity index (χ1n) is 8.95. The first-order valence-corrected chi connectivity index (χ1v) is 10.5. The van der Waals surface area contributed by atoms with Gasteiger partial charge in [-0.15, -0.1) is 6.58 Å². The van der Waals surface area contributed by atoms with Crippen molar-refractivity contribution >= 4 is 62.8 Å². The molecule has 31 heavy (non-hydrogen) atoms. The van der Waals surface area contributed by atoms with Crippen LogP contribution in [-0.2, 0) is 16.2 Å². The number of hydrogen-bond donors (Lipinski definition) is 1. The van der Waals surface area contributed by atoms with Crippen molar-refractivity contribution in [3.63, 3.8) is 0 Å². The molecule has 2 aromatic carbocycles. The van der Waals surface area contributed by atoms with Crippen LogP contribution in [0.5, 0.6) is 5.75 Å². The molecule has 1 aliphatic heterocycles. The fraction of sp³-hybridized carbons (Fsp3) is 0.0909. The monoisotopic (exact) mass is 515 g/mol. The molecule has 0 bridgehead atoms. The number of amides is 2. The van der Waals surface area contributed by atoms with E-state index >= 15 is 0 Å². The quantitative estimate of drug-likeness (QED) is 0.267. The Labute approximate surface area is 197 Å². The van der Waals surface area contributed by atoms with Gasteiger partial charge in [-0.25, -0.2) is 0 Å². The molecule has 156 valence electrons. The van der Waals surface area contributed by atoms with Gasteiger partial charge in [0.1, 0.15) is 12.2 Å². The van der Waals surface area contributed by atoms with Crippen LogP contribution in [0.2, 0.25) is 5.02 Å². The number of nitriles is 1. The minimum atomic E-state index is -0.587. The molecule has 1 heterocycles. The second-order valence-electron chi connectivity index (χ2n) is 6.39. The summed E-state index contributed by atoms with van der Waals surface area (Å²) in [4.78, 5) is 26.2. The number of rotatable bonds is 6. The maximum atomic E-state index is 12.7. The molecule has 1 aliphatic rings. The molecule has 0 saturated carbocycles. The number of benzene rings is 2. The van der Waals surface area contributed by atoms with Crippen LogP contribution < -0.4 is 10.1 Å². The Morgan fingerprint density at radius 3 is 2.74 bits per heavy atom. The van der Waals surface area contributed by atoms with Crippen LogP contribution in [0.15, 0.2) is 59.1 Å². The lowest BCUT2D eigenvalue weighted by atomic mass is 10.1. The molecule has 2 amide bonds. The number of halogens is 2. The number of ether oxygens (including phenoxy) is 1. The van der Waals surface area contributed by atoms with Gasteiger partial charge in [0.25, 0.3) is 11.8 Å². The Morgan fingerprint density at radius 2 is 2.06 bits per heavy atom. The molecular formula is C22H15BrClN3O3S. The third-order valence-electron chi connectivity index (χ3n) is 4.34. The van der Waals surface area contributed by atoms with Gasteiger partial charge >= 0.3 is 0 Å². The molecule has 0 aromatic heterocycles. The summed E-state index contributed by atoms with van der Waals surface area (Å²) in [6.45, 7) is 3.92. The maximum absolute atomic E-state index is 12.7. The van der Waals surface area contributed by atoms with E-state index in [0.29, 0.717) is 21.3 Å². The van der Waals surface area contributed by atoms with E-state index < -0.39 is 11.8 Å². The van der Waals surface area contributed by atoms with E-state index in [1.165, 1.54) is 17.1 Å². The molecule has 0 unspecified atom stereocenters. The smallest absolute Gasteiger partial charge is 0.265 e. The average molecular weight is 517 g/mol. The van der Waals surface area contributed by atoms with Crippen molar-refractivity contribution in [2.45, 2.75) is 6.61 Å². The van der Waals surface area contributed by atoms with E-state index in [4.69, 9.17) is 28.6 Å². The van der Waals surface area contributed by atoms with Gasteiger partial charge in [0.15, 0.2) is 10.9 Å². The van der Waals surface area contributed by atoms with Crippen molar-refractivity contribution in [2.75, 3.05) is 6.54 Å². The van der Waals surface area contributed by atoms with E-state index in [1.54, 1.807) is 30.3 Å². The second-order valence-corrected chi connectivity index (χ2v) is 8.04. The highest BCUT2D eigenvalue weighted by Crippen LogP contribution is 2.36. The van der Waals surface area contributed by atoms with Crippen LogP contribution in [0.25, 0.3) is 6.08 Å². The zero-order chi connectivity index (χ0) is 22.5. The first kappa shape index (κ1) is 22.7. The molecule has 9 heteroatoms. The van der Waals surface area contributed by atoms with E-state index in [1.807, 2.05) is 6.07 Å². The third-order valence-corrected chi connectivity index (χ3v) is 5.53. The molecule has 1 N–H and O–H groups in total. The molecule has 0 aliphatic carbocycles. The molecular weight excluding hydrogens is 502 g/mol. The number of thiocarbonyl (C=S) groups is 1. The lowest BCUT2D eigenvalue weighted by Crippen LogP contribution is -2.53. The highest BCUT2D eigenvalue weighted by Gasteiger charge is 2.32. The number of nitrogens with zero attached hydrogens (tertiary/aromatic N) is 2. The summed E-state index contributed by atoms with van der Waals surface area (Å²) in [6.07, 6.45) is 2.95. The van der Waals surface area contributed by atoms with Crippen LogP contribution in [-0.4, -0.2) is 28.4 Å². The Morgan fingerprint density at radius 1 is 1.32 bits per heavy atom. The second kappa shape index (κ2) is 9.88. The zero-order valence-corrected chi connectivity index (χ0v) is 19.2. The van der Waals surface area contributed by atoms with Gasteiger partial charge in [-0.2, -0.15) is 5.26 Å². The molecule has 0 radical (unpaired) electrons. The predicted molar refractivity (Wildman–Crippen MR) is 125 cm³/mol. The van der Waals surface area contributed by atoms with Gasteiger partial charge in [-0.05, 0) is 58.0 Å². The van der Waals surface area contributed by atoms with Gasteiger partial charge in [0.05, 0.1) is 21.1 Å². The summed E-state index contributed by atoms with van der Waals surface area (Å²) in [5, 5.41) is 12.0. The van der Waals surface area contributed by atoms with E-state index in [9.17, 15) is 14.9 Å². The number of hydrogen-bond acceptors (Lipinski definition) is 5. The van der Waals surface area contributed by atoms with Crippen LogP contribution in [0.1, 0.15) is 16.7 Å². The Hall–Kier alpha value is -2.99. The third kappa shape index (κ3) is 5.02. The lowest BCUT2D eigenvalue weighted by Gasteiger charge is -2.27. The summed E-state index contributed by atoms with van der Waals surface area (Å²) in [5.74, 6) is -0.726. The number of carbonyl (C=O) groups is 2. The number of nitrogens with one attached hydrogen (secondary N) is 1. The number of carbonyl (C=O) groups excluding carboxylic acids is 2. The van der Waals surface area contributed by atoms with Gasteiger partial charge < -0.3 is 4.74 Å². The SMILES string of the molecule is C=CCN1C(=O)/C(=C/c2cc(Cl)c(OCc3ccccc3C#N)c(Br)c2)C(=O)NC1=S. The normalized spacial score (nSPS) is 14.9. The minimum absolute atomic E-state index is 0.0349. The fourth-order valence-electron chi connectivity index (χ4n) is 2.86. The average Bonchev–Trinajstić information content (AvgIpc) is 2.74. The van der Waals surface area contributed by atoms with Gasteiger partial charge in [0.2, 0.25) is 0 Å². The fourth-order valence-corrected chi connectivity index (χ4v) is 4.10. The van der Waals surface area contributed by atoms with E-state index in [0.717, 1.165) is 5.56 Å². The molecule has 1 fully saturated rings. The van der Waals surface area contributed by atoms with Crippen LogP contribution in [0.3, 0.4) is 0 Å². The topological polar surface area (TPSA) is 82.4 Å². The maximum Gasteiger partial charge on any atom is 0.265 e.